The minimum Gasteiger partial charge on any atom is -0.507 e. The van der Waals surface area contributed by atoms with E-state index in [9.17, 15) is 9.90 Å². The lowest BCUT2D eigenvalue weighted by molar-refractivity contribution is -0.121. The highest BCUT2D eigenvalue weighted by atomic mass is 16.3. The van der Waals surface area contributed by atoms with E-state index in [1.54, 1.807) is 0 Å². The summed E-state index contributed by atoms with van der Waals surface area (Å²) in [6, 6.07) is 7.77. The van der Waals surface area contributed by atoms with E-state index in [1.807, 2.05) is 65.8 Å². The molecular formula is C23H38O2. The highest BCUT2D eigenvalue weighted by Crippen LogP contribution is 2.44. The first-order valence-electron chi connectivity index (χ1n) is 9.77. The van der Waals surface area contributed by atoms with E-state index >= 15 is 0 Å². The van der Waals surface area contributed by atoms with Crippen molar-refractivity contribution in [2.75, 3.05) is 0 Å². The number of benzene rings is 1. The van der Waals surface area contributed by atoms with Crippen LogP contribution in [0.1, 0.15) is 92.7 Å². The van der Waals surface area contributed by atoms with Crippen LogP contribution >= 0.6 is 0 Å². The summed E-state index contributed by atoms with van der Waals surface area (Å²) in [5.74, 6) is 0.261. The van der Waals surface area contributed by atoms with Crippen LogP contribution in [0.15, 0.2) is 29.8 Å². The van der Waals surface area contributed by atoms with Crippen molar-refractivity contribution in [2.24, 2.45) is 5.41 Å². The molecule has 1 N–H and O–H groups in total. The van der Waals surface area contributed by atoms with Gasteiger partial charge >= 0.3 is 0 Å². The first-order chi connectivity index (χ1) is 11.7. The second-order valence-corrected chi connectivity index (χ2v) is 7.45. The summed E-state index contributed by atoms with van der Waals surface area (Å²) in [6.45, 7) is 18.6. The number of aliphatic hydroxyl groups excluding tert-OH is 1. The van der Waals surface area contributed by atoms with Gasteiger partial charge in [-0.2, -0.15) is 0 Å². The Hall–Kier alpha value is -1.57. The first kappa shape index (κ1) is 23.4. The number of allylic oxidation sites excluding steroid dienone is 1. The van der Waals surface area contributed by atoms with Gasteiger partial charge in [-0.1, -0.05) is 79.7 Å². The van der Waals surface area contributed by atoms with Gasteiger partial charge in [-0.05, 0) is 37.2 Å². The summed E-state index contributed by atoms with van der Waals surface area (Å²) >= 11 is 0. The van der Waals surface area contributed by atoms with E-state index in [4.69, 9.17) is 0 Å². The molecule has 0 aromatic heterocycles. The zero-order valence-corrected chi connectivity index (χ0v) is 17.8. The summed E-state index contributed by atoms with van der Waals surface area (Å²) in [7, 11) is 0. The first-order valence-corrected chi connectivity index (χ1v) is 9.77. The maximum atomic E-state index is 13.0. The molecule has 0 aliphatic heterocycles. The van der Waals surface area contributed by atoms with Crippen molar-refractivity contribution in [3.63, 3.8) is 0 Å². The van der Waals surface area contributed by atoms with E-state index in [1.165, 1.54) is 0 Å². The van der Waals surface area contributed by atoms with Gasteiger partial charge in [0, 0.05) is 11.1 Å². The summed E-state index contributed by atoms with van der Waals surface area (Å²) in [6.07, 6.45) is 2.36. The molecule has 2 nitrogen and oxygen atoms in total. The second kappa shape index (κ2) is 9.79. The SMILES string of the molecule is CC.CC.CCC1=C(O)c2ccccc2[C@@](C)(CCC(C)(C)C)C1=O. The summed E-state index contributed by atoms with van der Waals surface area (Å²) in [5.41, 5.74) is 2.03. The molecular weight excluding hydrogens is 308 g/mol. The van der Waals surface area contributed by atoms with Gasteiger partial charge in [-0.3, -0.25) is 4.79 Å². The van der Waals surface area contributed by atoms with Crippen LogP contribution in [0.2, 0.25) is 0 Å². The molecule has 1 aromatic carbocycles. The zero-order chi connectivity index (χ0) is 19.8. The van der Waals surface area contributed by atoms with E-state index in [2.05, 4.69) is 20.8 Å². The lowest BCUT2D eigenvalue weighted by atomic mass is 9.65. The van der Waals surface area contributed by atoms with Crippen molar-refractivity contribution in [2.45, 2.75) is 87.0 Å². The van der Waals surface area contributed by atoms with Crippen LogP contribution in [0.25, 0.3) is 5.76 Å². The van der Waals surface area contributed by atoms with Crippen LogP contribution in [-0.4, -0.2) is 10.9 Å². The number of carbonyl (C=O) groups excluding carboxylic acids is 1. The molecule has 0 bridgehead atoms. The minimum atomic E-state index is -0.526. The Balaban J connectivity index is 0.00000134. The average Bonchev–Trinajstić information content (AvgIpc) is 2.62. The zero-order valence-electron chi connectivity index (χ0n) is 17.8. The molecule has 0 radical (unpaired) electrons. The molecule has 1 aliphatic carbocycles. The number of carbonyl (C=O) groups is 1. The smallest absolute Gasteiger partial charge is 0.172 e. The molecule has 0 heterocycles. The monoisotopic (exact) mass is 346 g/mol. The lowest BCUT2D eigenvalue weighted by Gasteiger charge is -2.37. The molecule has 142 valence electrons. The van der Waals surface area contributed by atoms with Crippen molar-refractivity contribution in [1.82, 2.24) is 0 Å². The minimum absolute atomic E-state index is 0.0884. The third kappa shape index (κ3) is 5.20. The standard InChI is InChI=1S/C19H26O2.2C2H6/c1-6-13-16(20)14-9-7-8-10-15(14)19(5,17(13)21)12-11-18(2,3)4;2*1-2/h7-10,20H,6,11-12H2,1-5H3;2*1-2H3/t19-;;/m1../s1. The van der Waals surface area contributed by atoms with Crippen LogP contribution in [0, 0.1) is 5.41 Å². The van der Waals surface area contributed by atoms with Gasteiger partial charge in [0.25, 0.3) is 0 Å². The fraction of sp³-hybridized carbons (Fsp3) is 0.609. The maximum absolute atomic E-state index is 13.0. The Bertz CT molecular complexity index is 590. The largest absolute Gasteiger partial charge is 0.507 e. The molecule has 2 rings (SSSR count). The third-order valence-corrected chi connectivity index (χ3v) is 4.57. The van der Waals surface area contributed by atoms with Gasteiger partial charge in [0.2, 0.25) is 0 Å². The summed E-state index contributed by atoms with van der Waals surface area (Å²) in [5, 5.41) is 10.4. The molecule has 1 aromatic rings. The van der Waals surface area contributed by atoms with Gasteiger partial charge in [0.15, 0.2) is 5.78 Å². The molecule has 1 aliphatic rings. The predicted octanol–water partition coefficient (Wildman–Crippen LogP) is 7.08. The Morgan fingerprint density at radius 3 is 2.04 bits per heavy atom. The van der Waals surface area contributed by atoms with Gasteiger partial charge in [-0.15, -0.1) is 0 Å². The van der Waals surface area contributed by atoms with Crippen LogP contribution in [-0.2, 0) is 10.2 Å². The van der Waals surface area contributed by atoms with E-state index in [-0.39, 0.29) is 17.0 Å². The molecule has 0 spiro atoms. The van der Waals surface area contributed by atoms with Gasteiger partial charge in [0.1, 0.15) is 5.76 Å². The third-order valence-electron chi connectivity index (χ3n) is 4.57. The van der Waals surface area contributed by atoms with E-state index in [0.29, 0.717) is 12.0 Å². The highest BCUT2D eigenvalue weighted by molar-refractivity contribution is 6.10. The van der Waals surface area contributed by atoms with Crippen LogP contribution in [0.3, 0.4) is 0 Å². The van der Waals surface area contributed by atoms with Crippen LogP contribution < -0.4 is 0 Å². The molecule has 0 unspecified atom stereocenters. The van der Waals surface area contributed by atoms with Gasteiger partial charge in [-0.25, -0.2) is 0 Å². The Morgan fingerprint density at radius 2 is 1.56 bits per heavy atom. The molecule has 0 saturated heterocycles. The quantitative estimate of drug-likeness (QED) is 0.634. The molecule has 0 fully saturated rings. The molecule has 2 heteroatoms. The number of Topliss-reactive ketones (excluding diaryl/α,β-unsaturated/α-hetero) is 1. The average molecular weight is 347 g/mol. The number of hydrogen-bond donors (Lipinski definition) is 1. The maximum Gasteiger partial charge on any atom is 0.172 e. The number of rotatable bonds is 3. The summed E-state index contributed by atoms with van der Waals surface area (Å²) < 4.78 is 0. The fourth-order valence-corrected chi connectivity index (χ4v) is 3.10. The van der Waals surface area contributed by atoms with Crippen molar-refractivity contribution in [3.05, 3.63) is 41.0 Å². The second-order valence-electron chi connectivity index (χ2n) is 7.45. The van der Waals surface area contributed by atoms with Crippen molar-refractivity contribution in [3.8, 4) is 0 Å². The molecule has 25 heavy (non-hydrogen) atoms. The van der Waals surface area contributed by atoms with Crippen molar-refractivity contribution in [1.29, 1.82) is 0 Å². The lowest BCUT2D eigenvalue weighted by Crippen LogP contribution is -2.38. The molecule has 1 atom stereocenters. The van der Waals surface area contributed by atoms with Crippen LogP contribution in [0.4, 0.5) is 0 Å². The van der Waals surface area contributed by atoms with E-state index in [0.717, 1.165) is 24.0 Å². The Kier molecular flexibility index (Phi) is 9.18. The van der Waals surface area contributed by atoms with Gasteiger partial charge < -0.3 is 5.11 Å². The number of ketones is 1. The number of hydrogen-bond acceptors (Lipinski definition) is 2. The molecule has 0 saturated carbocycles. The Morgan fingerprint density at radius 1 is 1.04 bits per heavy atom. The highest BCUT2D eigenvalue weighted by Gasteiger charge is 2.43. The number of fused-ring (bicyclic) bond motifs is 1. The van der Waals surface area contributed by atoms with Crippen molar-refractivity contribution >= 4 is 11.5 Å². The van der Waals surface area contributed by atoms with Crippen molar-refractivity contribution < 1.29 is 9.90 Å². The van der Waals surface area contributed by atoms with E-state index < -0.39 is 5.41 Å². The fourth-order valence-electron chi connectivity index (χ4n) is 3.10. The molecule has 0 amide bonds. The predicted molar refractivity (Wildman–Crippen MR) is 110 cm³/mol. The topological polar surface area (TPSA) is 37.3 Å². The Labute approximate surface area is 155 Å². The van der Waals surface area contributed by atoms with Gasteiger partial charge in [0.05, 0.1) is 5.41 Å². The normalized spacial score (nSPS) is 19.3. The summed E-state index contributed by atoms with van der Waals surface area (Å²) in [4.78, 5) is 13.0. The van der Waals surface area contributed by atoms with Crippen LogP contribution in [0.5, 0.6) is 0 Å². The number of aliphatic hydroxyl groups is 1.